The minimum Gasteiger partial charge on any atom is -0.497 e. The average molecular weight is 496 g/mol. The molecular formula is C27H29NO6S. The SMILES string of the molecule is CCOC(=O)C1=C(C)N=C2C[C@H](c3cccc(OC)c3)[C@@H](C(=O)OCC)C(=O)C2[C@@H]1c1cccs1. The van der Waals surface area contributed by atoms with Crippen molar-refractivity contribution < 1.29 is 28.6 Å². The van der Waals surface area contributed by atoms with Crippen molar-refractivity contribution in [1.82, 2.24) is 0 Å². The summed E-state index contributed by atoms with van der Waals surface area (Å²) >= 11 is 1.47. The summed E-state index contributed by atoms with van der Waals surface area (Å²) in [6.07, 6.45) is 0.391. The van der Waals surface area contributed by atoms with Crippen molar-refractivity contribution in [3.8, 4) is 5.75 Å². The number of ether oxygens (including phenoxy) is 3. The van der Waals surface area contributed by atoms with Crippen LogP contribution in [0.5, 0.6) is 5.75 Å². The second kappa shape index (κ2) is 10.6. The van der Waals surface area contributed by atoms with Gasteiger partial charge in [-0.05, 0) is 56.3 Å². The number of thiophene rings is 1. The van der Waals surface area contributed by atoms with Gasteiger partial charge in [0.15, 0.2) is 5.78 Å². The highest BCUT2D eigenvalue weighted by atomic mass is 32.1. The minimum atomic E-state index is -1.02. The van der Waals surface area contributed by atoms with Crippen LogP contribution in [-0.4, -0.2) is 43.8 Å². The van der Waals surface area contributed by atoms with Crippen molar-refractivity contribution in [2.75, 3.05) is 20.3 Å². The Morgan fingerprint density at radius 3 is 2.51 bits per heavy atom. The molecule has 184 valence electrons. The molecule has 1 aliphatic heterocycles. The lowest BCUT2D eigenvalue weighted by atomic mass is 9.63. The summed E-state index contributed by atoms with van der Waals surface area (Å²) in [7, 11) is 1.58. The van der Waals surface area contributed by atoms with Gasteiger partial charge in [0, 0.05) is 28.1 Å². The van der Waals surface area contributed by atoms with Crippen LogP contribution in [-0.2, 0) is 23.9 Å². The molecule has 1 fully saturated rings. The first-order chi connectivity index (χ1) is 16.9. The molecule has 1 unspecified atom stereocenters. The maximum atomic E-state index is 14.2. The van der Waals surface area contributed by atoms with Crippen LogP contribution in [0.3, 0.4) is 0 Å². The molecule has 0 N–H and O–H groups in total. The normalized spacial score (nSPS) is 23.9. The van der Waals surface area contributed by atoms with Gasteiger partial charge in [0.1, 0.15) is 11.7 Å². The number of allylic oxidation sites excluding steroid dienone is 1. The Hall–Kier alpha value is -3.26. The van der Waals surface area contributed by atoms with Gasteiger partial charge in [0.25, 0.3) is 0 Å². The molecule has 0 bridgehead atoms. The third kappa shape index (κ3) is 4.67. The summed E-state index contributed by atoms with van der Waals surface area (Å²) in [5.74, 6) is -3.45. The smallest absolute Gasteiger partial charge is 0.336 e. The van der Waals surface area contributed by atoms with Gasteiger partial charge in [-0.1, -0.05) is 18.2 Å². The molecule has 8 heteroatoms. The molecular weight excluding hydrogens is 466 g/mol. The standard InChI is InChI=1S/C27H29NO6S/c1-5-33-26(30)21-15(3)28-19-14-18(16-9-7-10-17(13-16)32-4)22(27(31)34-6-2)25(29)23(19)24(21)20-11-8-12-35-20/h7-13,18,22-24H,5-6,14H2,1-4H3/t18-,22-,23?,24-/m1/s1. The predicted octanol–water partition coefficient (Wildman–Crippen LogP) is 4.68. The van der Waals surface area contributed by atoms with E-state index in [9.17, 15) is 14.4 Å². The molecule has 7 nitrogen and oxygen atoms in total. The van der Waals surface area contributed by atoms with Gasteiger partial charge in [-0.15, -0.1) is 11.3 Å². The van der Waals surface area contributed by atoms with Crippen molar-refractivity contribution in [2.45, 2.75) is 39.0 Å². The number of Topliss-reactive ketones (excluding diaryl/α,β-unsaturated/α-hetero) is 1. The van der Waals surface area contributed by atoms with Gasteiger partial charge in [0.2, 0.25) is 0 Å². The van der Waals surface area contributed by atoms with Crippen LogP contribution < -0.4 is 4.74 Å². The summed E-state index contributed by atoms with van der Waals surface area (Å²) in [5.41, 5.74) is 2.40. The first-order valence-electron chi connectivity index (χ1n) is 11.7. The number of nitrogens with zero attached hydrogens (tertiary/aromatic N) is 1. The number of benzene rings is 1. The third-order valence-corrected chi connectivity index (χ3v) is 7.51. The number of carbonyl (C=O) groups is 3. The molecule has 1 aliphatic carbocycles. The number of carbonyl (C=O) groups excluding carboxylic acids is 3. The average Bonchev–Trinajstić information content (AvgIpc) is 3.38. The van der Waals surface area contributed by atoms with Gasteiger partial charge < -0.3 is 14.2 Å². The van der Waals surface area contributed by atoms with Crippen LogP contribution in [0.15, 0.2) is 58.0 Å². The zero-order valence-corrected chi connectivity index (χ0v) is 21.1. The van der Waals surface area contributed by atoms with E-state index in [0.717, 1.165) is 10.4 Å². The van der Waals surface area contributed by atoms with E-state index in [1.165, 1.54) is 11.3 Å². The van der Waals surface area contributed by atoms with E-state index in [-0.39, 0.29) is 19.0 Å². The van der Waals surface area contributed by atoms with Crippen molar-refractivity contribution in [2.24, 2.45) is 16.8 Å². The molecule has 0 spiro atoms. The maximum Gasteiger partial charge on any atom is 0.336 e. The van der Waals surface area contributed by atoms with E-state index in [1.54, 1.807) is 27.9 Å². The Labute approximate surface area is 208 Å². The Morgan fingerprint density at radius 1 is 1.09 bits per heavy atom. The fourth-order valence-corrected chi connectivity index (χ4v) is 5.99. The van der Waals surface area contributed by atoms with E-state index in [2.05, 4.69) is 0 Å². The molecule has 0 amide bonds. The fourth-order valence-electron chi connectivity index (χ4n) is 5.12. The summed E-state index contributed by atoms with van der Waals surface area (Å²) in [5, 5.41) is 1.91. The van der Waals surface area contributed by atoms with E-state index in [4.69, 9.17) is 19.2 Å². The summed E-state index contributed by atoms with van der Waals surface area (Å²) in [4.78, 5) is 46.0. The Kier molecular flexibility index (Phi) is 7.50. The minimum absolute atomic E-state index is 0.167. The molecule has 0 radical (unpaired) electrons. The second-order valence-corrected chi connectivity index (χ2v) is 9.49. The van der Waals surface area contributed by atoms with Gasteiger partial charge in [-0.3, -0.25) is 14.6 Å². The van der Waals surface area contributed by atoms with E-state index in [1.807, 2.05) is 41.8 Å². The zero-order chi connectivity index (χ0) is 25.1. The van der Waals surface area contributed by atoms with Crippen molar-refractivity contribution in [3.05, 3.63) is 63.5 Å². The number of fused-ring (bicyclic) bond motifs is 1. The molecule has 4 atom stereocenters. The van der Waals surface area contributed by atoms with Crippen molar-refractivity contribution >= 4 is 34.8 Å². The van der Waals surface area contributed by atoms with Gasteiger partial charge >= 0.3 is 11.9 Å². The number of methoxy groups -OCH3 is 1. The molecule has 0 saturated heterocycles. The van der Waals surface area contributed by atoms with Crippen LogP contribution in [0.2, 0.25) is 0 Å². The van der Waals surface area contributed by atoms with Crippen LogP contribution in [0.25, 0.3) is 0 Å². The molecule has 2 heterocycles. The molecule has 1 saturated carbocycles. The number of aliphatic imine (C=N–C) groups is 1. The molecule has 2 aromatic rings. The summed E-state index contributed by atoms with van der Waals surface area (Å²) < 4.78 is 16.1. The van der Waals surface area contributed by atoms with E-state index >= 15 is 0 Å². The number of hydrogen-bond donors (Lipinski definition) is 0. The van der Waals surface area contributed by atoms with Crippen molar-refractivity contribution in [3.63, 3.8) is 0 Å². The molecule has 1 aromatic carbocycles. The topological polar surface area (TPSA) is 91.3 Å². The Balaban J connectivity index is 1.86. The fraction of sp³-hybridized carbons (Fsp3) is 0.407. The van der Waals surface area contributed by atoms with E-state index in [0.29, 0.717) is 29.2 Å². The first-order valence-corrected chi connectivity index (χ1v) is 12.6. The highest BCUT2D eigenvalue weighted by Crippen LogP contribution is 2.49. The molecule has 35 heavy (non-hydrogen) atoms. The quantitative estimate of drug-likeness (QED) is 0.409. The zero-order valence-electron chi connectivity index (χ0n) is 20.3. The van der Waals surface area contributed by atoms with Gasteiger partial charge in [-0.2, -0.15) is 0 Å². The van der Waals surface area contributed by atoms with Gasteiger partial charge in [0.05, 0.1) is 31.8 Å². The highest BCUT2D eigenvalue weighted by molar-refractivity contribution is 7.10. The monoisotopic (exact) mass is 495 g/mol. The lowest BCUT2D eigenvalue weighted by molar-refractivity contribution is -0.153. The largest absolute Gasteiger partial charge is 0.497 e. The Bertz CT molecular complexity index is 1180. The lowest BCUT2D eigenvalue weighted by Gasteiger charge is -2.40. The van der Waals surface area contributed by atoms with Crippen LogP contribution >= 0.6 is 11.3 Å². The third-order valence-electron chi connectivity index (χ3n) is 6.56. The molecule has 4 rings (SSSR count). The van der Waals surface area contributed by atoms with E-state index < -0.39 is 35.6 Å². The summed E-state index contributed by atoms with van der Waals surface area (Å²) in [6, 6.07) is 11.2. The van der Waals surface area contributed by atoms with Crippen LogP contribution in [0.4, 0.5) is 0 Å². The van der Waals surface area contributed by atoms with Crippen LogP contribution in [0.1, 0.15) is 49.5 Å². The Morgan fingerprint density at radius 2 is 1.86 bits per heavy atom. The predicted molar refractivity (Wildman–Crippen MR) is 133 cm³/mol. The van der Waals surface area contributed by atoms with Crippen LogP contribution in [0, 0.1) is 11.8 Å². The second-order valence-electron chi connectivity index (χ2n) is 8.51. The first kappa shape index (κ1) is 24.9. The van der Waals surface area contributed by atoms with Gasteiger partial charge in [-0.25, -0.2) is 4.79 Å². The number of esters is 2. The lowest BCUT2D eigenvalue weighted by Crippen LogP contribution is -2.48. The molecule has 2 aliphatic rings. The number of hydrogen-bond acceptors (Lipinski definition) is 8. The maximum absolute atomic E-state index is 14.2. The summed E-state index contributed by atoms with van der Waals surface area (Å²) in [6.45, 7) is 5.62. The molecule has 1 aromatic heterocycles. The van der Waals surface area contributed by atoms with Crippen molar-refractivity contribution in [1.29, 1.82) is 0 Å². The highest BCUT2D eigenvalue weighted by Gasteiger charge is 2.53. The number of rotatable bonds is 7. The number of ketones is 1.